The van der Waals surface area contributed by atoms with Gasteiger partial charge in [-0.25, -0.2) is 0 Å². The number of hydrogen-bond acceptors (Lipinski definition) is 2. The second kappa shape index (κ2) is 6.50. The van der Waals surface area contributed by atoms with E-state index in [4.69, 9.17) is 0 Å². The Hall–Kier alpha value is -0.860. The highest BCUT2D eigenvalue weighted by Gasteiger charge is 2.25. The summed E-state index contributed by atoms with van der Waals surface area (Å²) in [5.74, 6) is 0. The average molecular weight is 288 g/mol. The topological polar surface area (TPSA) is 15.3 Å². The Kier molecular flexibility index (Phi) is 5.11. The summed E-state index contributed by atoms with van der Waals surface area (Å²) in [5, 5.41) is 3.66. The quantitative estimate of drug-likeness (QED) is 0.912. The number of hydrogen-bond donors (Lipinski definition) is 1. The van der Waals surface area contributed by atoms with E-state index in [0.717, 1.165) is 6.54 Å². The molecule has 0 aromatic heterocycles. The lowest BCUT2D eigenvalue weighted by atomic mass is 9.91. The third-order valence-corrected chi connectivity index (χ3v) is 4.26. The minimum Gasteiger partial charge on any atom is -0.311 e. The first-order valence-electron chi connectivity index (χ1n) is 8.29. The van der Waals surface area contributed by atoms with E-state index in [-0.39, 0.29) is 5.54 Å². The summed E-state index contributed by atoms with van der Waals surface area (Å²) >= 11 is 0. The molecule has 2 nitrogen and oxygen atoms in total. The maximum Gasteiger partial charge on any atom is 0.00967 e. The molecule has 0 spiro atoms. The molecule has 1 aromatic carbocycles. The van der Waals surface area contributed by atoms with Gasteiger partial charge in [0.15, 0.2) is 0 Å². The largest absolute Gasteiger partial charge is 0.311 e. The van der Waals surface area contributed by atoms with Gasteiger partial charge in [-0.1, -0.05) is 38.1 Å². The predicted molar refractivity (Wildman–Crippen MR) is 91.8 cm³/mol. The molecule has 1 aromatic rings. The van der Waals surface area contributed by atoms with Crippen molar-refractivity contribution in [3.63, 3.8) is 0 Å². The smallest absolute Gasteiger partial charge is 0.00967 e. The molecule has 0 amide bonds. The molecular weight excluding hydrogens is 256 g/mol. The van der Waals surface area contributed by atoms with Gasteiger partial charge < -0.3 is 10.2 Å². The minimum atomic E-state index is 0.201. The molecule has 1 aliphatic rings. The van der Waals surface area contributed by atoms with E-state index in [9.17, 15) is 0 Å². The van der Waals surface area contributed by atoms with Gasteiger partial charge in [0.1, 0.15) is 0 Å². The van der Waals surface area contributed by atoms with Crippen LogP contribution in [0, 0.1) is 5.41 Å². The van der Waals surface area contributed by atoms with Crippen molar-refractivity contribution in [1.82, 2.24) is 10.2 Å². The van der Waals surface area contributed by atoms with Crippen LogP contribution < -0.4 is 5.32 Å². The molecule has 0 fully saturated rings. The summed E-state index contributed by atoms with van der Waals surface area (Å²) in [6.07, 6.45) is 2.39. The molecule has 1 N–H and O–H groups in total. The standard InChI is InChI=1S/C19H32N2/c1-18(2,3)20-14-19(4,5)15-21-12-10-16-8-6-7-9-17(16)11-13-21/h6-9,20H,10-15H2,1-5H3. The summed E-state index contributed by atoms with van der Waals surface area (Å²) < 4.78 is 0. The third-order valence-electron chi connectivity index (χ3n) is 4.26. The molecule has 21 heavy (non-hydrogen) atoms. The number of fused-ring (bicyclic) bond motifs is 1. The highest BCUT2D eigenvalue weighted by molar-refractivity contribution is 5.28. The van der Waals surface area contributed by atoms with Gasteiger partial charge in [0, 0.05) is 31.7 Å². The van der Waals surface area contributed by atoms with Gasteiger partial charge in [-0.2, -0.15) is 0 Å². The van der Waals surface area contributed by atoms with Gasteiger partial charge in [-0.15, -0.1) is 0 Å². The molecule has 0 saturated heterocycles. The van der Waals surface area contributed by atoms with Gasteiger partial charge >= 0.3 is 0 Å². The molecule has 0 radical (unpaired) electrons. The second-order valence-electron chi connectivity index (χ2n) is 8.31. The van der Waals surface area contributed by atoms with Crippen molar-refractivity contribution in [2.24, 2.45) is 5.41 Å². The van der Waals surface area contributed by atoms with E-state index in [2.05, 4.69) is 69.1 Å². The van der Waals surface area contributed by atoms with Crippen LogP contribution in [0.5, 0.6) is 0 Å². The van der Waals surface area contributed by atoms with E-state index in [1.54, 1.807) is 11.1 Å². The van der Waals surface area contributed by atoms with Crippen molar-refractivity contribution in [2.75, 3.05) is 26.2 Å². The van der Waals surface area contributed by atoms with Crippen LogP contribution in [0.25, 0.3) is 0 Å². The zero-order valence-corrected chi connectivity index (χ0v) is 14.5. The lowest BCUT2D eigenvalue weighted by Gasteiger charge is -2.35. The molecular formula is C19H32N2. The number of benzene rings is 1. The van der Waals surface area contributed by atoms with Gasteiger partial charge in [-0.05, 0) is 50.2 Å². The Morgan fingerprint density at radius 3 is 1.95 bits per heavy atom. The molecule has 0 saturated carbocycles. The zero-order chi connectivity index (χ0) is 15.5. The van der Waals surface area contributed by atoms with Crippen LogP contribution in [-0.4, -0.2) is 36.6 Å². The highest BCUT2D eigenvalue weighted by Crippen LogP contribution is 2.21. The highest BCUT2D eigenvalue weighted by atomic mass is 15.1. The molecule has 2 rings (SSSR count). The van der Waals surface area contributed by atoms with Crippen LogP contribution in [0.2, 0.25) is 0 Å². The number of nitrogens with zero attached hydrogens (tertiary/aromatic N) is 1. The van der Waals surface area contributed by atoms with Gasteiger partial charge in [0.25, 0.3) is 0 Å². The van der Waals surface area contributed by atoms with Crippen LogP contribution in [0.3, 0.4) is 0 Å². The maximum atomic E-state index is 3.66. The van der Waals surface area contributed by atoms with E-state index >= 15 is 0 Å². The van der Waals surface area contributed by atoms with Gasteiger partial charge in [0.2, 0.25) is 0 Å². The molecule has 1 aliphatic heterocycles. The fraction of sp³-hybridized carbons (Fsp3) is 0.684. The summed E-state index contributed by atoms with van der Waals surface area (Å²) in [6, 6.07) is 8.94. The lowest BCUT2D eigenvalue weighted by Crippen LogP contribution is -2.46. The normalized spacial score (nSPS) is 17.4. The van der Waals surface area contributed by atoms with Crippen LogP contribution in [0.15, 0.2) is 24.3 Å². The molecule has 2 heteroatoms. The fourth-order valence-electron chi connectivity index (χ4n) is 3.04. The van der Waals surface area contributed by atoms with E-state index in [1.807, 2.05) is 0 Å². The molecule has 0 aliphatic carbocycles. The molecule has 0 unspecified atom stereocenters. The fourth-order valence-corrected chi connectivity index (χ4v) is 3.04. The minimum absolute atomic E-state index is 0.201. The summed E-state index contributed by atoms with van der Waals surface area (Å²) in [5.41, 5.74) is 3.60. The lowest BCUT2D eigenvalue weighted by molar-refractivity contribution is 0.170. The van der Waals surface area contributed by atoms with Crippen molar-refractivity contribution in [3.8, 4) is 0 Å². The average Bonchev–Trinajstić information content (AvgIpc) is 2.59. The summed E-state index contributed by atoms with van der Waals surface area (Å²) in [4.78, 5) is 2.64. The Labute approximate surface area is 130 Å². The SMILES string of the molecule is CC(C)(CNC(C)(C)C)CN1CCc2ccccc2CC1. The van der Waals surface area contributed by atoms with Gasteiger partial charge in [0.05, 0.1) is 0 Å². The van der Waals surface area contributed by atoms with Crippen molar-refractivity contribution in [2.45, 2.75) is 53.0 Å². The van der Waals surface area contributed by atoms with Crippen LogP contribution in [-0.2, 0) is 12.8 Å². The number of rotatable bonds is 4. The van der Waals surface area contributed by atoms with Crippen molar-refractivity contribution < 1.29 is 0 Å². The van der Waals surface area contributed by atoms with Gasteiger partial charge in [-0.3, -0.25) is 0 Å². The molecule has 1 heterocycles. The molecule has 0 atom stereocenters. The summed E-state index contributed by atoms with van der Waals surface area (Å²) in [6.45, 7) is 16.1. The van der Waals surface area contributed by atoms with Crippen LogP contribution in [0.4, 0.5) is 0 Å². The van der Waals surface area contributed by atoms with Crippen molar-refractivity contribution >= 4 is 0 Å². The van der Waals surface area contributed by atoms with Crippen molar-refractivity contribution in [1.29, 1.82) is 0 Å². The van der Waals surface area contributed by atoms with E-state index in [0.29, 0.717) is 5.41 Å². The first-order chi connectivity index (χ1) is 9.75. The Balaban J connectivity index is 1.89. The number of nitrogens with one attached hydrogen (secondary N) is 1. The monoisotopic (exact) mass is 288 g/mol. The van der Waals surface area contributed by atoms with E-state index < -0.39 is 0 Å². The Morgan fingerprint density at radius 2 is 1.48 bits per heavy atom. The predicted octanol–water partition coefficient (Wildman–Crippen LogP) is 3.50. The summed E-state index contributed by atoms with van der Waals surface area (Å²) in [7, 11) is 0. The Bertz CT molecular complexity index is 430. The molecule has 0 bridgehead atoms. The second-order valence-corrected chi connectivity index (χ2v) is 8.31. The first-order valence-corrected chi connectivity index (χ1v) is 8.29. The maximum absolute atomic E-state index is 3.66. The van der Waals surface area contributed by atoms with E-state index in [1.165, 1.54) is 32.5 Å². The first kappa shape index (κ1) is 16.5. The third kappa shape index (κ3) is 5.44. The van der Waals surface area contributed by atoms with Crippen LogP contribution in [0.1, 0.15) is 45.7 Å². The Morgan fingerprint density at radius 1 is 0.952 bits per heavy atom. The molecule has 118 valence electrons. The van der Waals surface area contributed by atoms with Crippen molar-refractivity contribution in [3.05, 3.63) is 35.4 Å². The van der Waals surface area contributed by atoms with Crippen LogP contribution >= 0.6 is 0 Å². The zero-order valence-electron chi connectivity index (χ0n) is 14.5.